The average Bonchev–Trinajstić information content (AvgIpc) is 2.45. The maximum Gasteiger partial charge on any atom is 0.303 e. The van der Waals surface area contributed by atoms with Gasteiger partial charge in [-0.05, 0) is 17.4 Å². The number of hydrogen-bond acceptors (Lipinski definition) is 3. The third kappa shape index (κ3) is 3.81. The largest absolute Gasteiger partial charge is 0.481 e. The number of aromatic nitrogens is 2. The zero-order chi connectivity index (χ0) is 16.3. The Morgan fingerprint density at radius 3 is 2.36 bits per heavy atom. The van der Waals surface area contributed by atoms with Crippen LogP contribution in [-0.4, -0.2) is 21.0 Å². The van der Waals surface area contributed by atoms with E-state index in [1.54, 1.807) is 0 Å². The minimum absolute atomic E-state index is 0.0695. The maximum atomic E-state index is 12.0. The minimum Gasteiger partial charge on any atom is -0.481 e. The van der Waals surface area contributed by atoms with Gasteiger partial charge in [0.15, 0.2) is 0 Å². The molecule has 2 N–H and O–H groups in total. The van der Waals surface area contributed by atoms with Gasteiger partial charge in [0.1, 0.15) is 5.82 Å². The lowest BCUT2D eigenvalue weighted by Crippen LogP contribution is -2.16. The van der Waals surface area contributed by atoms with Gasteiger partial charge in [0.05, 0.1) is 0 Å². The van der Waals surface area contributed by atoms with Crippen LogP contribution in [0.2, 0.25) is 0 Å². The van der Waals surface area contributed by atoms with Gasteiger partial charge in [0, 0.05) is 23.7 Å². The second-order valence-corrected chi connectivity index (χ2v) is 6.31. The van der Waals surface area contributed by atoms with E-state index in [4.69, 9.17) is 5.11 Å². The van der Waals surface area contributed by atoms with Crippen LogP contribution in [-0.2, 0) is 16.6 Å². The van der Waals surface area contributed by atoms with Crippen molar-refractivity contribution in [2.24, 2.45) is 0 Å². The normalized spacial score (nSPS) is 11.4. The van der Waals surface area contributed by atoms with Gasteiger partial charge in [-0.2, -0.15) is 0 Å². The van der Waals surface area contributed by atoms with E-state index in [0.717, 1.165) is 5.56 Å². The molecule has 0 radical (unpaired) electrons. The predicted octanol–water partition coefficient (Wildman–Crippen LogP) is 2.75. The number of carboxylic acids is 1. The summed E-state index contributed by atoms with van der Waals surface area (Å²) in [5, 5.41) is 8.66. The van der Waals surface area contributed by atoms with E-state index in [1.807, 2.05) is 24.3 Å². The molecule has 116 valence electrons. The highest BCUT2D eigenvalue weighted by Gasteiger charge is 2.13. The highest BCUT2D eigenvalue weighted by atomic mass is 16.4. The van der Waals surface area contributed by atoms with Crippen LogP contribution < -0.4 is 5.56 Å². The number of aliphatic carboxylic acids is 1. The number of carbonyl (C=O) groups is 1. The number of aryl methyl sites for hydroxylation is 1. The second kappa shape index (κ2) is 6.13. The summed E-state index contributed by atoms with van der Waals surface area (Å²) in [7, 11) is 0. The Hall–Kier alpha value is -2.43. The molecule has 0 spiro atoms. The molecule has 0 aliphatic carbocycles. The monoisotopic (exact) mass is 300 g/mol. The van der Waals surface area contributed by atoms with Crippen molar-refractivity contribution in [1.82, 2.24) is 9.97 Å². The Bertz CT molecular complexity index is 725. The number of rotatable bonds is 4. The molecule has 0 saturated heterocycles. The third-order valence-corrected chi connectivity index (χ3v) is 3.51. The highest BCUT2D eigenvalue weighted by molar-refractivity contribution is 5.67. The van der Waals surface area contributed by atoms with Crippen LogP contribution in [0.4, 0.5) is 0 Å². The molecule has 2 rings (SSSR count). The summed E-state index contributed by atoms with van der Waals surface area (Å²) in [6, 6.07) is 7.90. The fourth-order valence-electron chi connectivity index (χ4n) is 2.12. The lowest BCUT2D eigenvalue weighted by molar-refractivity contribution is -0.136. The Morgan fingerprint density at radius 2 is 1.86 bits per heavy atom. The van der Waals surface area contributed by atoms with Crippen LogP contribution >= 0.6 is 0 Å². The summed E-state index contributed by atoms with van der Waals surface area (Å²) < 4.78 is 0. The van der Waals surface area contributed by atoms with Crippen molar-refractivity contribution in [3.8, 4) is 11.4 Å². The van der Waals surface area contributed by atoms with Crippen molar-refractivity contribution in [3.63, 3.8) is 0 Å². The Labute approximate surface area is 129 Å². The van der Waals surface area contributed by atoms with Gasteiger partial charge in [-0.25, -0.2) is 4.98 Å². The zero-order valence-corrected chi connectivity index (χ0v) is 13.0. The molecule has 0 unspecified atom stereocenters. The summed E-state index contributed by atoms with van der Waals surface area (Å²) in [5.41, 5.74) is 2.20. The van der Waals surface area contributed by atoms with Crippen LogP contribution in [0, 0.1) is 0 Å². The summed E-state index contributed by atoms with van der Waals surface area (Å²) >= 11 is 0. The molecule has 1 heterocycles. The third-order valence-electron chi connectivity index (χ3n) is 3.51. The molecule has 0 atom stereocenters. The summed E-state index contributed by atoms with van der Waals surface area (Å²) in [4.78, 5) is 29.5. The first-order valence-electron chi connectivity index (χ1n) is 7.18. The van der Waals surface area contributed by atoms with Crippen molar-refractivity contribution < 1.29 is 9.90 Å². The van der Waals surface area contributed by atoms with Gasteiger partial charge in [0.2, 0.25) is 0 Å². The molecule has 0 amide bonds. The van der Waals surface area contributed by atoms with Crippen LogP contribution in [0.3, 0.4) is 0 Å². The van der Waals surface area contributed by atoms with E-state index in [9.17, 15) is 9.59 Å². The minimum atomic E-state index is -0.929. The molecule has 1 aromatic heterocycles. The van der Waals surface area contributed by atoms with E-state index in [0.29, 0.717) is 11.4 Å². The van der Waals surface area contributed by atoms with E-state index >= 15 is 0 Å². The van der Waals surface area contributed by atoms with Crippen molar-refractivity contribution in [2.75, 3.05) is 0 Å². The number of benzene rings is 1. The van der Waals surface area contributed by atoms with Crippen molar-refractivity contribution in [2.45, 2.75) is 39.0 Å². The van der Waals surface area contributed by atoms with Gasteiger partial charge in [0.25, 0.3) is 5.56 Å². The molecule has 0 aliphatic rings. The van der Waals surface area contributed by atoms with Crippen LogP contribution in [0.5, 0.6) is 0 Å². The molecule has 5 heteroatoms. The molecule has 1 aromatic carbocycles. The fourth-order valence-corrected chi connectivity index (χ4v) is 2.12. The first kappa shape index (κ1) is 15.9. The number of nitrogens with zero attached hydrogens (tertiary/aromatic N) is 1. The molecule has 0 saturated carbocycles. The van der Waals surface area contributed by atoms with E-state index < -0.39 is 5.97 Å². The van der Waals surface area contributed by atoms with E-state index in [2.05, 4.69) is 30.7 Å². The Balaban J connectivity index is 2.25. The number of carboxylic acid groups (broad SMARTS) is 1. The SMILES string of the molecule is CC(C)(C)c1ccc(-c2ncc(CCC(=O)O)c(=O)[nH]2)cc1. The molecule has 0 fully saturated rings. The summed E-state index contributed by atoms with van der Waals surface area (Å²) in [5.74, 6) is -0.439. The van der Waals surface area contributed by atoms with Crippen molar-refractivity contribution in [1.29, 1.82) is 0 Å². The number of H-pyrrole nitrogens is 1. The van der Waals surface area contributed by atoms with Crippen LogP contribution in [0.1, 0.15) is 38.3 Å². The molecule has 5 nitrogen and oxygen atoms in total. The number of aromatic amines is 1. The van der Waals surface area contributed by atoms with Gasteiger partial charge >= 0.3 is 5.97 Å². The van der Waals surface area contributed by atoms with Gasteiger partial charge in [-0.3, -0.25) is 9.59 Å². The summed E-state index contributed by atoms with van der Waals surface area (Å²) in [6.07, 6.45) is 1.56. The van der Waals surface area contributed by atoms with Crippen molar-refractivity contribution >= 4 is 5.97 Å². The number of hydrogen-bond donors (Lipinski definition) is 2. The molecular weight excluding hydrogens is 280 g/mol. The molecule has 0 bridgehead atoms. The van der Waals surface area contributed by atoms with Crippen LogP contribution in [0.25, 0.3) is 11.4 Å². The average molecular weight is 300 g/mol. The highest BCUT2D eigenvalue weighted by Crippen LogP contribution is 2.24. The fraction of sp³-hybridized carbons (Fsp3) is 0.353. The van der Waals surface area contributed by atoms with Gasteiger partial charge in [-0.1, -0.05) is 45.0 Å². The standard InChI is InChI=1S/C17H20N2O3/c1-17(2,3)13-7-4-11(5-8-13)15-18-10-12(16(22)19-15)6-9-14(20)21/h4-5,7-8,10H,6,9H2,1-3H3,(H,20,21)(H,18,19,22). The van der Waals surface area contributed by atoms with Crippen LogP contribution in [0.15, 0.2) is 35.3 Å². The topological polar surface area (TPSA) is 83.0 Å². The lowest BCUT2D eigenvalue weighted by Gasteiger charge is -2.19. The second-order valence-electron chi connectivity index (χ2n) is 6.31. The van der Waals surface area contributed by atoms with Gasteiger partial charge in [-0.15, -0.1) is 0 Å². The summed E-state index contributed by atoms with van der Waals surface area (Å²) in [6.45, 7) is 6.41. The smallest absolute Gasteiger partial charge is 0.303 e. The predicted molar refractivity (Wildman–Crippen MR) is 85.0 cm³/mol. The maximum absolute atomic E-state index is 12.0. The molecule has 22 heavy (non-hydrogen) atoms. The zero-order valence-electron chi connectivity index (χ0n) is 13.0. The molecule has 0 aliphatic heterocycles. The van der Waals surface area contributed by atoms with Gasteiger partial charge < -0.3 is 10.1 Å². The molecular formula is C17H20N2O3. The van der Waals surface area contributed by atoms with E-state index in [-0.39, 0.29) is 23.8 Å². The quantitative estimate of drug-likeness (QED) is 0.909. The Kier molecular flexibility index (Phi) is 4.45. The Morgan fingerprint density at radius 1 is 1.23 bits per heavy atom. The number of nitrogens with one attached hydrogen (secondary N) is 1. The first-order chi connectivity index (χ1) is 10.3. The molecule has 2 aromatic rings. The van der Waals surface area contributed by atoms with Crippen molar-refractivity contribution in [3.05, 3.63) is 51.9 Å². The van der Waals surface area contributed by atoms with E-state index in [1.165, 1.54) is 11.8 Å². The lowest BCUT2D eigenvalue weighted by atomic mass is 9.87. The first-order valence-corrected chi connectivity index (χ1v) is 7.18.